The molecule has 0 radical (unpaired) electrons. The lowest BCUT2D eigenvalue weighted by atomic mass is 9.88. The lowest BCUT2D eigenvalue weighted by Gasteiger charge is -2.37. The first kappa shape index (κ1) is 18.4. The molecule has 1 saturated heterocycles. The Bertz CT molecular complexity index is 643. The maximum Gasteiger partial charge on any atom is 0.253 e. The van der Waals surface area contributed by atoms with Gasteiger partial charge in [-0.05, 0) is 30.5 Å². The fourth-order valence-corrected chi connectivity index (χ4v) is 3.75. The Kier molecular flexibility index (Phi) is 6.26. The van der Waals surface area contributed by atoms with Crippen molar-refractivity contribution in [2.45, 2.75) is 32.1 Å². The van der Waals surface area contributed by atoms with Gasteiger partial charge >= 0.3 is 0 Å². The van der Waals surface area contributed by atoms with Crippen molar-refractivity contribution < 1.29 is 14.4 Å². The van der Waals surface area contributed by atoms with E-state index in [2.05, 4.69) is 9.99 Å². The number of oxime groups is 1. The monoisotopic (exact) mass is 357 g/mol. The van der Waals surface area contributed by atoms with E-state index in [0.717, 1.165) is 18.4 Å². The molecule has 0 spiro atoms. The van der Waals surface area contributed by atoms with Crippen molar-refractivity contribution in [1.29, 1.82) is 0 Å². The van der Waals surface area contributed by atoms with E-state index in [1.165, 1.54) is 26.4 Å². The number of nitrogens with zero attached hydrogens (tertiary/aromatic N) is 3. The number of carbonyl (C=O) groups excluding carboxylic acids is 2. The topological polar surface area (TPSA) is 62.2 Å². The highest BCUT2D eigenvalue weighted by atomic mass is 16.6. The molecule has 6 nitrogen and oxygen atoms in total. The van der Waals surface area contributed by atoms with Crippen molar-refractivity contribution in [2.24, 2.45) is 11.1 Å². The van der Waals surface area contributed by atoms with Gasteiger partial charge in [0.15, 0.2) is 0 Å². The van der Waals surface area contributed by atoms with E-state index in [4.69, 9.17) is 0 Å². The molecule has 0 N–H and O–H groups in total. The quantitative estimate of drug-likeness (QED) is 0.614. The smallest absolute Gasteiger partial charge is 0.253 e. The van der Waals surface area contributed by atoms with Crippen LogP contribution < -0.4 is 0 Å². The zero-order valence-corrected chi connectivity index (χ0v) is 15.4. The summed E-state index contributed by atoms with van der Waals surface area (Å²) in [6.07, 6.45) is 7.24. The van der Waals surface area contributed by atoms with Gasteiger partial charge < -0.3 is 14.6 Å². The van der Waals surface area contributed by atoms with Gasteiger partial charge in [-0.3, -0.25) is 9.59 Å². The van der Waals surface area contributed by atoms with Gasteiger partial charge in [0, 0.05) is 37.7 Å². The average molecular weight is 357 g/mol. The van der Waals surface area contributed by atoms with Crippen molar-refractivity contribution in [2.75, 3.05) is 33.3 Å². The Balaban J connectivity index is 1.53. The fourth-order valence-electron chi connectivity index (χ4n) is 3.75. The first-order valence-corrected chi connectivity index (χ1v) is 9.43. The Labute approximate surface area is 154 Å². The van der Waals surface area contributed by atoms with Crippen LogP contribution in [-0.4, -0.2) is 61.1 Å². The summed E-state index contributed by atoms with van der Waals surface area (Å²) in [5.74, 6) is 0.510. The molecule has 3 rings (SSSR count). The molecule has 1 aliphatic carbocycles. The standard InChI is InChI=1S/C20H27N3O3/c1-26-21-15-16-7-9-18(10-8-16)20(25)23-13-11-22(12-14-23)19(24)17-5-3-2-4-6-17/h7-10,15,17H,2-6,11-14H2,1H3/b21-15+. The second-order valence-corrected chi connectivity index (χ2v) is 6.99. The molecule has 0 atom stereocenters. The molecular formula is C20H27N3O3. The van der Waals surface area contributed by atoms with Crippen molar-refractivity contribution in [1.82, 2.24) is 9.80 Å². The van der Waals surface area contributed by atoms with Gasteiger partial charge in [-0.25, -0.2) is 0 Å². The summed E-state index contributed by atoms with van der Waals surface area (Å²) in [6, 6.07) is 7.30. The number of hydrogen-bond donors (Lipinski definition) is 0. The molecular weight excluding hydrogens is 330 g/mol. The second-order valence-electron chi connectivity index (χ2n) is 6.99. The molecule has 2 aliphatic rings. The number of hydrogen-bond acceptors (Lipinski definition) is 4. The highest BCUT2D eigenvalue weighted by molar-refractivity contribution is 5.95. The lowest BCUT2D eigenvalue weighted by molar-refractivity contribution is -0.138. The third-order valence-corrected chi connectivity index (χ3v) is 5.30. The van der Waals surface area contributed by atoms with Gasteiger partial charge in [0.05, 0.1) is 6.21 Å². The third kappa shape index (κ3) is 4.42. The molecule has 1 aromatic carbocycles. The predicted octanol–water partition coefficient (Wildman–Crippen LogP) is 2.53. The summed E-state index contributed by atoms with van der Waals surface area (Å²) < 4.78 is 0. The minimum Gasteiger partial charge on any atom is -0.399 e. The van der Waals surface area contributed by atoms with E-state index in [1.807, 2.05) is 21.9 Å². The summed E-state index contributed by atoms with van der Waals surface area (Å²) >= 11 is 0. The highest BCUT2D eigenvalue weighted by Gasteiger charge is 2.29. The SMILES string of the molecule is CO/N=C/c1ccc(C(=O)N2CCN(C(=O)C3CCCCC3)CC2)cc1. The van der Waals surface area contributed by atoms with Crippen LogP contribution >= 0.6 is 0 Å². The van der Waals surface area contributed by atoms with Crippen LogP contribution in [-0.2, 0) is 9.63 Å². The number of piperazine rings is 1. The summed E-state index contributed by atoms with van der Waals surface area (Å²) in [4.78, 5) is 33.7. The van der Waals surface area contributed by atoms with Gasteiger partial charge in [0.1, 0.15) is 7.11 Å². The van der Waals surface area contributed by atoms with Crippen LogP contribution in [0.25, 0.3) is 0 Å². The maximum absolute atomic E-state index is 12.7. The van der Waals surface area contributed by atoms with E-state index in [1.54, 1.807) is 18.3 Å². The van der Waals surface area contributed by atoms with Crippen molar-refractivity contribution in [3.05, 3.63) is 35.4 Å². The zero-order chi connectivity index (χ0) is 18.4. The van der Waals surface area contributed by atoms with Crippen LogP contribution in [0.4, 0.5) is 0 Å². The Morgan fingerprint density at radius 2 is 1.62 bits per heavy atom. The number of carbonyl (C=O) groups is 2. The first-order valence-electron chi connectivity index (χ1n) is 9.43. The van der Waals surface area contributed by atoms with Crippen LogP contribution in [0.3, 0.4) is 0 Å². The van der Waals surface area contributed by atoms with Gasteiger partial charge in [-0.15, -0.1) is 0 Å². The molecule has 1 aromatic rings. The summed E-state index contributed by atoms with van der Waals surface area (Å²) in [5, 5.41) is 3.71. The maximum atomic E-state index is 12.7. The second kappa shape index (κ2) is 8.83. The van der Waals surface area contributed by atoms with Gasteiger partial charge in [-0.1, -0.05) is 36.6 Å². The van der Waals surface area contributed by atoms with Gasteiger partial charge in [-0.2, -0.15) is 0 Å². The molecule has 1 aliphatic heterocycles. The van der Waals surface area contributed by atoms with Crippen LogP contribution in [0.15, 0.2) is 29.4 Å². The Morgan fingerprint density at radius 3 is 2.23 bits per heavy atom. The first-order chi connectivity index (χ1) is 12.7. The molecule has 6 heteroatoms. The van der Waals surface area contributed by atoms with Crippen molar-refractivity contribution in [3.63, 3.8) is 0 Å². The number of benzene rings is 1. The lowest BCUT2D eigenvalue weighted by Crippen LogP contribution is -2.52. The third-order valence-electron chi connectivity index (χ3n) is 5.30. The Hall–Kier alpha value is -2.37. The van der Waals surface area contributed by atoms with Crippen LogP contribution in [0.5, 0.6) is 0 Å². The molecule has 0 unspecified atom stereocenters. The number of amides is 2. The van der Waals surface area contributed by atoms with E-state index in [9.17, 15) is 9.59 Å². The summed E-state index contributed by atoms with van der Waals surface area (Å²) in [7, 11) is 1.49. The largest absolute Gasteiger partial charge is 0.399 e. The predicted molar refractivity (Wildman–Crippen MR) is 100 cm³/mol. The molecule has 0 bridgehead atoms. The molecule has 26 heavy (non-hydrogen) atoms. The molecule has 2 fully saturated rings. The summed E-state index contributed by atoms with van der Waals surface area (Å²) in [6.45, 7) is 2.48. The van der Waals surface area contributed by atoms with Crippen molar-refractivity contribution >= 4 is 18.0 Å². The summed E-state index contributed by atoms with van der Waals surface area (Å²) in [5.41, 5.74) is 1.54. The van der Waals surface area contributed by atoms with E-state index >= 15 is 0 Å². The van der Waals surface area contributed by atoms with Gasteiger partial charge in [0.2, 0.25) is 5.91 Å². The molecule has 2 amide bonds. The number of rotatable bonds is 4. The highest BCUT2D eigenvalue weighted by Crippen LogP contribution is 2.26. The van der Waals surface area contributed by atoms with Gasteiger partial charge in [0.25, 0.3) is 5.91 Å². The fraction of sp³-hybridized carbons (Fsp3) is 0.550. The average Bonchev–Trinajstić information content (AvgIpc) is 2.72. The van der Waals surface area contributed by atoms with E-state index in [0.29, 0.717) is 37.6 Å². The normalized spacial score (nSPS) is 19.0. The van der Waals surface area contributed by atoms with E-state index < -0.39 is 0 Å². The molecule has 1 heterocycles. The van der Waals surface area contributed by atoms with E-state index in [-0.39, 0.29) is 11.8 Å². The van der Waals surface area contributed by atoms with Crippen LogP contribution in [0.1, 0.15) is 48.0 Å². The molecule has 1 saturated carbocycles. The van der Waals surface area contributed by atoms with Crippen molar-refractivity contribution in [3.8, 4) is 0 Å². The zero-order valence-electron chi connectivity index (χ0n) is 15.4. The molecule has 0 aromatic heterocycles. The molecule has 140 valence electrons. The minimum absolute atomic E-state index is 0.0185. The minimum atomic E-state index is 0.0185. The van der Waals surface area contributed by atoms with Crippen LogP contribution in [0, 0.1) is 5.92 Å². The van der Waals surface area contributed by atoms with Crippen LogP contribution in [0.2, 0.25) is 0 Å². The Morgan fingerprint density at radius 1 is 1.00 bits per heavy atom.